The fourth-order valence-electron chi connectivity index (χ4n) is 8.90. The van der Waals surface area contributed by atoms with Crippen LogP contribution < -0.4 is 0 Å². The van der Waals surface area contributed by atoms with E-state index in [2.05, 4.69) is 191 Å². The maximum atomic E-state index is 2.80. The molecule has 0 heterocycles. The first-order valence-electron chi connectivity index (χ1n) is 17.4. The predicted octanol–water partition coefficient (Wildman–Crippen LogP) is 12.3. The zero-order valence-electron chi connectivity index (χ0n) is 27.9. The van der Waals surface area contributed by atoms with E-state index in [4.69, 9.17) is 0 Å². The van der Waals surface area contributed by atoms with Crippen LogP contribution in [0.4, 0.5) is 0 Å². The van der Waals surface area contributed by atoms with Crippen LogP contribution in [0.3, 0.4) is 0 Å². The summed E-state index contributed by atoms with van der Waals surface area (Å²) in [4.78, 5) is 0. The fourth-order valence-corrected chi connectivity index (χ4v) is 32.6. The summed E-state index contributed by atoms with van der Waals surface area (Å²) in [5, 5.41) is 0. The van der Waals surface area contributed by atoms with Gasteiger partial charge in [-0.25, -0.2) is 0 Å². The summed E-state index contributed by atoms with van der Waals surface area (Å²) >= 11 is -4.40. The summed E-state index contributed by atoms with van der Waals surface area (Å²) in [6, 6.07) is 58.5. The number of hydrogen-bond acceptors (Lipinski definition) is 0. The number of benzene rings is 6. The molecule has 0 saturated heterocycles. The molecule has 0 saturated carbocycles. The Bertz CT molecular complexity index is 2060. The topological polar surface area (TPSA) is 0 Å². The molecule has 2 aliphatic rings. The molecule has 6 aromatic rings. The van der Waals surface area contributed by atoms with Gasteiger partial charge in [-0.3, -0.25) is 0 Å². The van der Waals surface area contributed by atoms with Gasteiger partial charge >= 0.3 is 288 Å². The van der Waals surface area contributed by atoms with E-state index in [-0.39, 0.29) is 0 Å². The summed E-state index contributed by atoms with van der Waals surface area (Å²) in [6.45, 7) is 0. The Labute approximate surface area is 286 Å². The number of rotatable bonds is 8. The van der Waals surface area contributed by atoms with Crippen molar-refractivity contribution in [2.24, 2.45) is 0 Å². The minimum absolute atomic E-state index is 0.379. The van der Waals surface area contributed by atoms with E-state index >= 15 is 0 Å². The van der Waals surface area contributed by atoms with Crippen molar-refractivity contribution in [1.82, 2.24) is 0 Å². The molecule has 2 aliphatic carbocycles. The Balaban J connectivity index is 1.41. The van der Waals surface area contributed by atoms with Gasteiger partial charge in [-0.15, -0.1) is 0 Å². The molecule has 0 nitrogen and oxygen atoms in total. The van der Waals surface area contributed by atoms with Gasteiger partial charge in [0, 0.05) is 0 Å². The van der Waals surface area contributed by atoms with Gasteiger partial charge in [-0.05, 0) is 0 Å². The van der Waals surface area contributed by atoms with Crippen molar-refractivity contribution in [2.45, 2.75) is 29.6 Å². The van der Waals surface area contributed by atoms with E-state index in [9.17, 15) is 0 Å². The van der Waals surface area contributed by atoms with Gasteiger partial charge < -0.3 is 0 Å². The van der Waals surface area contributed by atoms with Crippen molar-refractivity contribution in [1.29, 1.82) is 0 Å². The summed E-state index contributed by atoms with van der Waals surface area (Å²) in [6.07, 6.45) is 12.2. The summed E-state index contributed by atoms with van der Waals surface area (Å²) in [7, 11) is 0. The van der Waals surface area contributed by atoms with Gasteiger partial charge in [0.1, 0.15) is 0 Å². The van der Waals surface area contributed by atoms with E-state index in [0.717, 1.165) is 12.8 Å². The first-order chi connectivity index (χ1) is 23.5. The van der Waals surface area contributed by atoms with Gasteiger partial charge in [0.25, 0.3) is 0 Å². The molecular formula is C47H42Hf. The van der Waals surface area contributed by atoms with Crippen LogP contribution in [0.1, 0.15) is 40.7 Å². The van der Waals surface area contributed by atoms with Crippen LogP contribution in [0.25, 0.3) is 34.4 Å². The number of fused-ring (bicyclic) bond motifs is 2. The molecule has 6 aromatic carbocycles. The van der Waals surface area contributed by atoms with Gasteiger partial charge in [-0.1, -0.05) is 0 Å². The van der Waals surface area contributed by atoms with Crippen LogP contribution in [0.5, 0.6) is 0 Å². The molecule has 8 rings (SSSR count). The van der Waals surface area contributed by atoms with E-state index in [1.807, 2.05) is 0 Å². The Morgan fingerprint density at radius 3 is 1.21 bits per heavy atom. The Kier molecular flexibility index (Phi) is 8.05. The van der Waals surface area contributed by atoms with Crippen molar-refractivity contribution >= 4 is 15.4 Å². The standard InChI is InChI=1S/2C15H11.C15H14.2CH3.Hf/c2*1-2-6-12(7-3-1)14-10-4-8-13-9-5-11-15(13)14;1-3-8-14(9-4-1)12-7-13-15-10-5-2-6-11-15;;;/h2*1-11H;1-6,8-11H,12-13H2;2*1H3;. The van der Waals surface area contributed by atoms with Crippen molar-refractivity contribution in [3.05, 3.63) is 203 Å². The van der Waals surface area contributed by atoms with Gasteiger partial charge in [0.05, 0.1) is 0 Å². The molecular weight excluding hydrogens is 743 g/mol. The SMILES string of the molecule is [CH3][Hf]([CH3])(=[C](Cc1ccccc1)Cc1ccccc1)([CH]1C=Cc2c(-c3ccccc3)cccc21)[CH]1C=Cc2c(-c3ccccc3)cccc21. The third-order valence-electron chi connectivity index (χ3n) is 11.6. The van der Waals surface area contributed by atoms with E-state index in [1.165, 1.54) is 55.6 Å². The second-order valence-electron chi connectivity index (χ2n) is 14.6. The Morgan fingerprint density at radius 2 is 0.812 bits per heavy atom. The second-order valence-corrected chi connectivity index (χ2v) is 40.3. The van der Waals surface area contributed by atoms with Crippen LogP contribution in [0.15, 0.2) is 170 Å². The van der Waals surface area contributed by atoms with Gasteiger partial charge in [0.2, 0.25) is 0 Å². The average Bonchev–Trinajstić information content (AvgIpc) is 3.80. The first kappa shape index (κ1) is 30.8. The monoisotopic (exact) mass is 786 g/mol. The van der Waals surface area contributed by atoms with Crippen molar-refractivity contribution in [2.75, 3.05) is 0 Å². The van der Waals surface area contributed by atoms with Crippen LogP contribution in [0, 0.1) is 0 Å². The Morgan fingerprint density at radius 1 is 0.438 bits per heavy atom. The molecule has 0 amide bonds. The quantitative estimate of drug-likeness (QED) is 0.135. The minimum atomic E-state index is -4.40. The Hall–Kier alpha value is -4.46. The molecule has 2 unspecified atom stereocenters. The van der Waals surface area contributed by atoms with Crippen LogP contribution >= 0.6 is 0 Å². The zero-order chi connectivity index (χ0) is 32.6. The average molecular weight is 785 g/mol. The molecule has 0 N–H and O–H groups in total. The molecule has 0 aromatic heterocycles. The molecule has 0 spiro atoms. The van der Waals surface area contributed by atoms with E-state index < -0.39 is 18.0 Å². The summed E-state index contributed by atoms with van der Waals surface area (Å²) < 4.78 is 8.13. The summed E-state index contributed by atoms with van der Waals surface area (Å²) in [5.41, 5.74) is 13.9. The predicted molar refractivity (Wildman–Crippen MR) is 204 cm³/mol. The van der Waals surface area contributed by atoms with Gasteiger partial charge in [0.15, 0.2) is 0 Å². The second kappa shape index (κ2) is 12.5. The van der Waals surface area contributed by atoms with Crippen molar-refractivity contribution < 1.29 is 18.0 Å². The van der Waals surface area contributed by atoms with Crippen molar-refractivity contribution in [3.63, 3.8) is 0 Å². The summed E-state index contributed by atoms with van der Waals surface area (Å²) in [5.74, 6) is 0. The maximum absolute atomic E-state index is 4.40. The fraction of sp³-hybridized carbons (Fsp3) is 0.128. The van der Waals surface area contributed by atoms with Crippen LogP contribution in [0.2, 0.25) is 9.36 Å². The van der Waals surface area contributed by atoms with E-state index in [1.54, 1.807) is 3.26 Å². The van der Waals surface area contributed by atoms with Crippen LogP contribution in [-0.4, -0.2) is 3.26 Å². The number of allylic oxidation sites excluding steroid dienone is 2. The normalized spacial score (nSPS) is 16.5. The number of hydrogen-bond donors (Lipinski definition) is 0. The zero-order valence-corrected chi connectivity index (χ0v) is 31.5. The van der Waals surface area contributed by atoms with Crippen molar-refractivity contribution in [3.8, 4) is 22.3 Å². The molecule has 2 atom stereocenters. The molecule has 1 heteroatoms. The first-order valence-corrected chi connectivity index (χ1v) is 30.5. The third-order valence-corrected chi connectivity index (χ3v) is 38.2. The molecule has 0 radical (unpaired) electrons. The third kappa shape index (κ3) is 5.30. The molecule has 234 valence electrons. The molecule has 0 fully saturated rings. The van der Waals surface area contributed by atoms with E-state index in [0.29, 0.717) is 7.35 Å². The molecule has 0 bridgehead atoms. The van der Waals surface area contributed by atoms with Gasteiger partial charge in [-0.2, -0.15) is 0 Å². The van der Waals surface area contributed by atoms with Crippen LogP contribution in [-0.2, 0) is 30.9 Å². The molecule has 48 heavy (non-hydrogen) atoms. The molecule has 0 aliphatic heterocycles.